The van der Waals surface area contributed by atoms with Gasteiger partial charge in [0.1, 0.15) is 5.76 Å². The minimum absolute atomic E-state index is 0.0327. The highest BCUT2D eigenvalue weighted by molar-refractivity contribution is 5.84. The highest BCUT2D eigenvalue weighted by Crippen LogP contribution is 2.15. The summed E-state index contributed by atoms with van der Waals surface area (Å²) in [6, 6.07) is 3.34. The van der Waals surface area contributed by atoms with Crippen LogP contribution in [0, 0.1) is 6.92 Å². The highest BCUT2D eigenvalue weighted by Gasteiger charge is 2.13. The number of nitrogens with zero attached hydrogens (tertiary/aromatic N) is 2. The summed E-state index contributed by atoms with van der Waals surface area (Å²) < 4.78 is 6.80. The monoisotopic (exact) mass is 206 g/mol. The lowest BCUT2D eigenvalue weighted by Crippen LogP contribution is -1.99. The predicted octanol–water partition coefficient (Wildman–Crippen LogP) is 1.53. The molecule has 0 aliphatic rings. The van der Waals surface area contributed by atoms with Crippen LogP contribution in [0.5, 0.6) is 0 Å². The van der Waals surface area contributed by atoms with Crippen molar-refractivity contribution in [3.05, 3.63) is 41.6 Å². The molecule has 0 spiro atoms. The molecule has 0 atom stereocenters. The minimum Gasteiger partial charge on any atom is -0.475 e. The molecule has 5 nitrogen and oxygen atoms in total. The van der Waals surface area contributed by atoms with Crippen molar-refractivity contribution in [3.63, 3.8) is 0 Å². The molecular formula is C10H10N2O3. The van der Waals surface area contributed by atoms with E-state index < -0.39 is 5.97 Å². The summed E-state index contributed by atoms with van der Waals surface area (Å²) in [6.45, 7) is 2.26. The Bertz CT molecular complexity index is 471. The first-order valence-electron chi connectivity index (χ1n) is 4.47. The van der Waals surface area contributed by atoms with Gasteiger partial charge in [-0.25, -0.2) is 4.79 Å². The fourth-order valence-electron chi connectivity index (χ4n) is 1.35. The Morgan fingerprint density at radius 2 is 2.47 bits per heavy atom. The standard InChI is InChI=1S/C10H10N2O3/c1-7-8(5-9(15-7)10(13)14)6-12-4-2-3-11-12/h2-5H,6H2,1H3,(H,13,14). The maximum absolute atomic E-state index is 10.7. The number of rotatable bonds is 3. The number of carbonyl (C=O) groups is 1. The molecule has 78 valence electrons. The van der Waals surface area contributed by atoms with Crippen LogP contribution in [0.2, 0.25) is 0 Å². The van der Waals surface area contributed by atoms with Gasteiger partial charge in [0.2, 0.25) is 5.76 Å². The number of aromatic nitrogens is 2. The van der Waals surface area contributed by atoms with Crippen molar-refractivity contribution in [2.45, 2.75) is 13.5 Å². The maximum Gasteiger partial charge on any atom is 0.371 e. The summed E-state index contributed by atoms with van der Waals surface area (Å²) >= 11 is 0. The van der Waals surface area contributed by atoms with Crippen molar-refractivity contribution in [2.75, 3.05) is 0 Å². The molecule has 2 rings (SSSR count). The van der Waals surface area contributed by atoms with Crippen LogP contribution in [0.1, 0.15) is 21.9 Å². The molecule has 0 saturated heterocycles. The Morgan fingerprint density at radius 1 is 1.67 bits per heavy atom. The van der Waals surface area contributed by atoms with Crippen molar-refractivity contribution in [1.29, 1.82) is 0 Å². The van der Waals surface area contributed by atoms with Gasteiger partial charge in [0.05, 0.1) is 6.54 Å². The number of hydrogen-bond acceptors (Lipinski definition) is 3. The van der Waals surface area contributed by atoms with E-state index in [1.807, 2.05) is 12.3 Å². The summed E-state index contributed by atoms with van der Waals surface area (Å²) in [5, 5.41) is 12.8. The summed E-state index contributed by atoms with van der Waals surface area (Å²) in [5.41, 5.74) is 0.830. The van der Waals surface area contributed by atoms with Crippen LogP contribution in [0.25, 0.3) is 0 Å². The third-order valence-electron chi connectivity index (χ3n) is 2.12. The van der Waals surface area contributed by atoms with Gasteiger partial charge >= 0.3 is 5.97 Å². The fraction of sp³-hybridized carbons (Fsp3) is 0.200. The van der Waals surface area contributed by atoms with Crippen LogP contribution < -0.4 is 0 Å². The molecule has 0 aliphatic carbocycles. The van der Waals surface area contributed by atoms with E-state index in [2.05, 4.69) is 5.10 Å². The second kappa shape index (κ2) is 3.61. The average Bonchev–Trinajstić information content (AvgIpc) is 2.77. The zero-order valence-electron chi connectivity index (χ0n) is 8.17. The van der Waals surface area contributed by atoms with E-state index >= 15 is 0 Å². The molecule has 1 N–H and O–H groups in total. The number of aryl methyl sites for hydroxylation is 1. The number of hydrogen-bond donors (Lipinski definition) is 1. The Morgan fingerprint density at radius 3 is 3.00 bits per heavy atom. The van der Waals surface area contributed by atoms with Crippen LogP contribution in [0.3, 0.4) is 0 Å². The molecule has 0 bridgehead atoms. The van der Waals surface area contributed by atoms with Gasteiger partial charge in [-0.2, -0.15) is 5.10 Å². The quantitative estimate of drug-likeness (QED) is 0.826. The van der Waals surface area contributed by atoms with Gasteiger partial charge in [0, 0.05) is 18.0 Å². The van der Waals surface area contributed by atoms with E-state index in [9.17, 15) is 4.79 Å². The topological polar surface area (TPSA) is 68.3 Å². The SMILES string of the molecule is Cc1oc(C(=O)O)cc1Cn1cccn1. The second-order valence-electron chi connectivity index (χ2n) is 3.20. The number of carboxylic acid groups (broad SMARTS) is 1. The Kier molecular flexibility index (Phi) is 2.29. The van der Waals surface area contributed by atoms with E-state index in [4.69, 9.17) is 9.52 Å². The Labute approximate surface area is 85.9 Å². The average molecular weight is 206 g/mol. The van der Waals surface area contributed by atoms with Crippen molar-refractivity contribution >= 4 is 5.97 Å². The van der Waals surface area contributed by atoms with Crippen molar-refractivity contribution in [2.24, 2.45) is 0 Å². The molecule has 0 saturated carbocycles. The van der Waals surface area contributed by atoms with Crippen LogP contribution in [-0.2, 0) is 6.54 Å². The summed E-state index contributed by atoms with van der Waals surface area (Å²) in [5.74, 6) is -0.470. The third kappa shape index (κ3) is 1.90. The molecule has 15 heavy (non-hydrogen) atoms. The molecule has 0 aromatic carbocycles. The fourth-order valence-corrected chi connectivity index (χ4v) is 1.35. The Balaban J connectivity index is 2.25. The van der Waals surface area contributed by atoms with E-state index in [0.717, 1.165) is 5.56 Å². The van der Waals surface area contributed by atoms with Gasteiger partial charge in [0.25, 0.3) is 0 Å². The van der Waals surface area contributed by atoms with Gasteiger partial charge in [-0.05, 0) is 19.1 Å². The van der Waals surface area contributed by atoms with Gasteiger partial charge in [0.15, 0.2) is 0 Å². The second-order valence-corrected chi connectivity index (χ2v) is 3.20. The number of carboxylic acids is 1. The Hall–Kier alpha value is -2.04. The third-order valence-corrected chi connectivity index (χ3v) is 2.12. The lowest BCUT2D eigenvalue weighted by atomic mass is 10.2. The minimum atomic E-state index is -1.05. The first-order valence-corrected chi connectivity index (χ1v) is 4.47. The molecule has 2 aromatic heterocycles. The van der Waals surface area contributed by atoms with E-state index in [1.165, 1.54) is 6.07 Å². The summed E-state index contributed by atoms with van der Waals surface area (Å²) in [6.07, 6.45) is 3.49. The normalized spacial score (nSPS) is 10.5. The lowest BCUT2D eigenvalue weighted by molar-refractivity contribution is 0.0661. The molecule has 2 heterocycles. The van der Waals surface area contributed by atoms with E-state index in [1.54, 1.807) is 17.8 Å². The number of furan rings is 1. The molecule has 0 radical (unpaired) electrons. The lowest BCUT2D eigenvalue weighted by Gasteiger charge is -1.98. The van der Waals surface area contributed by atoms with Gasteiger partial charge in [-0.3, -0.25) is 4.68 Å². The molecule has 0 aliphatic heterocycles. The molecule has 0 amide bonds. The predicted molar refractivity (Wildman–Crippen MR) is 51.7 cm³/mol. The summed E-state index contributed by atoms with van der Waals surface area (Å²) in [4.78, 5) is 10.7. The van der Waals surface area contributed by atoms with Crippen LogP contribution in [0.15, 0.2) is 28.9 Å². The van der Waals surface area contributed by atoms with Crippen molar-refractivity contribution in [3.8, 4) is 0 Å². The van der Waals surface area contributed by atoms with Gasteiger partial charge < -0.3 is 9.52 Å². The smallest absolute Gasteiger partial charge is 0.371 e. The molecule has 0 fully saturated rings. The molecule has 5 heteroatoms. The van der Waals surface area contributed by atoms with Crippen LogP contribution >= 0.6 is 0 Å². The van der Waals surface area contributed by atoms with Gasteiger partial charge in [-0.1, -0.05) is 0 Å². The highest BCUT2D eigenvalue weighted by atomic mass is 16.4. The van der Waals surface area contributed by atoms with E-state index in [-0.39, 0.29) is 5.76 Å². The number of aromatic carboxylic acids is 1. The molecule has 2 aromatic rings. The molecular weight excluding hydrogens is 196 g/mol. The first kappa shape index (κ1) is 9.51. The molecule has 0 unspecified atom stereocenters. The van der Waals surface area contributed by atoms with E-state index in [0.29, 0.717) is 12.3 Å². The maximum atomic E-state index is 10.7. The largest absolute Gasteiger partial charge is 0.475 e. The van der Waals surface area contributed by atoms with Crippen LogP contribution in [-0.4, -0.2) is 20.9 Å². The van der Waals surface area contributed by atoms with Crippen LogP contribution in [0.4, 0.5) is 0 Å². The zero-order valence-corrected chi connectivity index (χ0v) is 8.17. The van der Waals surface area contributed by atoms with Gasteiger partial charge in [-0.15, -0.1) is 0 Å². The summed E-state index contributed by atoms with van der Waals surface area (Å²) in [7, 11) is 0. The first-order chi connectivity index (χ1) is 7.16. The zero-order chi connectivity index (χ0) is 10.8. The van der Waals surface area contributed by atoms with Crippen molar-refractivity contribution in [1.82, 2.24) is 9.78 Å². The van der Waals surface area contributed by atoms with Crippen molar-refractivity contribution < 1.29 is 14.3 Å².